The average Bonchev–Trinajstić information content (AvgIpc) is 2.49. The lowest BCUT2D eigenvalue weighted by Gasteiger charge is -2.23. The van der Waals surface area contributed by atoms with Crippen LogP contribution in [0.3, 0.4) is 0 Å². The maximum absolute atomic E-state index is 12.7. The van der Waals surface area contributed by atoms with Gasteiger partial charge in [0.25, 0.3) is 5.91 Å². The van der Waals surface area contributed by atoms with Gasteiger partial charge in [0.1, 0.15) is 0 Å². The lowest BCUT2D eigenvalue weighted by molar-refractivity contribution is 0.0628. The summed E-state index contributed by atoms with van der Waals surface area (Å²) in [5, 5.41) is 3.72. The maximum atomic E-state index is 12.7. The van der Waals surface area contributed by atoms with Crippen molar-refractivity contribution in [3.05, 3.63) is 28.8 Å². The third-order valence-corrected chi connectivity index (χ3v) is 3.23. The molecule has 0 saturated carbocycles. The van der Waals surface area contributed by atoms with Gasteiger partial charge in [0.05, 0.1) is 18.8 Å². The van der Waals surface area contributed by atoms with Crippen LogP contribution in [0.5, 0.6) is 0 Å². The van der Waals surface area contributed by atoms with Gasteiger partial charge in [-0.1, -0.05) is 11.6 Å². The van der Waals surface area contributed by atoms with E-state index in [0.29, 0.717) is 36.9 Å². The molecule has 0 aromatic heterocycles. The van der Waals surface area contributed by atoms with Crippen LogP contribution in [-0.4, -0.2) is 57.9 Å². The summed E-state index contributed by atoms with van der Waals surface area (Å²) < 4.78 is 10.1. The van der Waals surface area contributed by atoms with Crippen LogP contribution < -0.4 is 5.32 Å². The number of halogens is 1. The molecule has 21 heavy (non-hydrogen) atoms. The minimum atomic E-state index is -0.0810. The van der Waals surface area contributed by atoms with Crippen molar-refractivity contribution in [2.45, 2.75) is 6.92 Å². The van der Waals surface area contributed by atoms with E-state index in [1.165, 1.54) is 0 Å². The standard InChI is InChI=1S/C15H23ClN2O3/c1-4-17-14-6-5-12(16)11-13(14)15(19)18(7-9-20-2)8-10-21-3/h5-6,11,17H,4,7-10H2,1-3H3. The largest absolute Gasteiger partial charge is 0.385 e. The van der Waals surface area contributed by atoms with E-state index in [9.17, 15) is 4.79 Å². The van der Waals surface area contributed by atoms with Crippen molar-refractivity contribution in [3.8, 4) is 0 Å². The minimum Gasteiger partial charge on any atom is -0.385 e. The molecule has 0 aliphatic heterocycles. The van der Waals surface area contributed by atoms with Crippen molar-refractivity contribution in [3.63, 3.8) is 0 Å². The molecule has 1 amide bonds. The number of rotatable bonds is 9. The summed E-state index contributed by atoms with van der Waals surface area (Å²) in [5.74, 6) is -0.0810. The summed E-state index contributed by atoms with van der Waals surface area (Å²) in [6.45, 7) is 4.70. The van der Waals surface area contributed by atoms with Crippen molar-refractivity contribution < 1.29 is 14.3 Å². The molecule has 1 rings (SSSR count). The Morgan fingerprint density at radius 2 is 1.86 bits per heavy atom. The van der Waals surface area contributed by atoms with Crippen molar-refractivity contribution in [2.24, 2.45) is 0 Å². The normalized spacial score (nSPS) is 10.5. The quantitative estimate of drug-likeness (QED) is 0.761. The van der Waals surface area contributed by atoms with E-state index in [-0.39, 0.29) is 5.91 Å². The smallest absolute Gasteiger partial charge is 0.256 e. The maximum Gasteiger partial charge on any atom is 0.256 e. The van der Waals surface area contributed by atoms with Gasteiger partial charge in [-0.15, -0.1) is 0 Å². The molecule has 0 radical (unpaired) electrons. The molecule has 118 valence electrons. The van der Waals surface area contributed by atoms with Gasteiger partial charge in [0.15, 0.2) is 0 Å². The Balaban J connectivity index is 2.97. The second-order valence-electron chi connectivity index (χ2n) is 4.50. The first-order chi connectivity index (χ1) is 10.1. The van der Waals surface area contributed by atoms with Gasteiger partial charge < -0.3 is 19.7 Å². The molecule has 0 spiro atoms. The van der Waals surface area contributed by atoms with Crippen LogP contribution in [0, 0.1) is 0 Å². The molecule has 1 aromatic rings. The van der Waals surface area contributed by atoms with Crippen LogP contribution in [0.25, 0.3) is 0 Å². The first-order valence-corrected chi connectivity index (χ1v) is 7.32. The monoisotopic (exact) mass is 314 g/mol. The van der Waals surface area contributed by atoms with E-state index < -0.39 is 0 Å². The number of carbonyl (C=O) groups is 1. The minimum absolute atomic E-state index is 0.0810. The Morgan fingerprint density at radius 3 is 2.38 bits per heavy atom. The predicted molar refractivity (Wildman–Crippen MR) is 85.3 cm³/mol. The highest BCUT2D eigenvalue weighted by molar-refractivity contribution is 6.31. The van der Waals surface area contributed by atoms with Gasteiger partial charge in [-0.05, 0) is 25.1 Å². The fraction of sp³-hybridized carbons (Fsp3) is 0.533. The van der Waals surface area contributed by atoms with E-state index in [2.05, 4.69) is 5.32 Å². The zero-order valence-electron chi connectivity index (χ0n) is 12.8. The summed E-state index contributed by atoms with van der Waals surface area (Å²) >= 11 is 6.03. The summed E-state index contributed by atoms with van der Waals surface area (Å²) in [5.41, 5.74) is 1.35. The number of carbonyl (C=O) groups excluding carboxylic acids is 1. The van der Waals surface area contributed by atoms with Gasteiger partial charge >= 0.3 is 0 Å². The fourth-order valence-electron chi connectivity index (χ4n) is 1.93. The highest BCUT2D eigenvalue weighted by atomic mass is 35.5. The van der Waals surface area contributed by atoms with Gasteiger partial charge in [0.2, 0.25) is 0 Å². The third-order valence-electron chi connectivity index (χ3n) is 3.00. The molecule has 1 N–H and O–H groups in total. The number of nitrogens with zero attached hydrogens (tertiary/aromatic N) is 1. The number of hydrogen-bond donors (Lipinski definition) is 1. The molecular weight excluding hydrogens is 292 g/mol. The lowest BCUT2D eigenvalue weighted by atomic mass is 10.1. The zero-order valence-corrected chi connectivity index (χ0v) is 13.6. The van der Waals surface area contributed by atoms with Crippen LogP contribution in [0.15, 0.2) is 18.2 Å². The van der Waals surface area contributed by atoms with E-state index >= 15 is 0 Å². The SMILES string of the molecule is CCNc1ccc(Cl)cc1C(=O)N(CCOC)CCOC. The summed E-state index contributed by atoms with van der Waals surface area (Å²) in [6, 6.07) is 5.28. The molecule has 0 atom stereocenters. The molecule has 0 unspecified atom stereocenters. The Morgan fingerprint density at radius 1 is 1.24 bits per heavy atom. The Labute approximate surface area is 131 Å². The van der Waals surface area contributed by atoms with Crippen LogP contribution in [-0.2, 0) is 9.47 Å². The predicted octanol–water partition coefficient (Wildman–Crippen LogP) is 2.51. The van der Waals surface area contributed by atoms with Crippen molar-refractivity contribution in [2.75, 3.05) is 52.4 Å². The van der Waals surface area contributed by atoms with Crippen molar-refractivity contribution in [1.29, 1.82) is 0 Å². The van der Waals surface area contributed by atoms with Gasteiger partial charge in [-0.25, -0.2) is 0 Å². The number of ether oxygens (including phenoxy) is 2. The van der Waals surface area contributed by atoms with Crippen LogP contribution >= 0.6 is 11.6 Å². The molecule has 6 heteroatoms. The zero-order chi connectivity index (χ0) is 15.7. The average molecular weight is 315 g/mol. The highest BCUT2D eigenvalue weighted by Gasteiger charge is 2.19. The molecule has 0 aliphatic carbocycles. The van der Waals surface area contributed by atoms with Crippen LogP contribution in [0.1, 0.15) is 17.3 Å². The number of benzene rings is 1. The third kappa shape index (κ3) is 5.53. The van der Waals surface area contributed by atoms with Gasteiger partial charge in [-0.3, -0.25) is 4.79 Å². The second-order valence-corrected chi connectivity index (χ2v) is 4.93. The van der Waals surface area contributed by atoms with E-state index in [1.807, 2.05) is 13.0 Å². The molecule has 0 fully saturated rings. The molecule has 5 nitrogen and oxygen atoms in total. The first kappa shape index (κ1) is 17.8. The summed E-state index contributed by atoms with van der Waals surface area (Å²) in [6.07, 6.45) is 0. The molecule has 0 heterocycles. The number of nitrogens with one attached hydrogen (secondary N) is 1. The number of anilines is 1. The van der Waals surface area contributed by atoms with Gasteiger partial charge in [0, 0.05) is 44.6 Å². The summed E-state index contributed by atoms with van der Waals surface area (Å²) in [7, 11) is 3.23. The Bertz CT molecular complexity index is 447. The van der Waals surface area contributed by atoms with Gasteiger partial charge in [-0.2, -0.15) is 0 Å². The molecule has 1 aromatic carbocycles. The highest BCUT2D eigenvalue weighted by Crippen LogP contribution is 2.22. The van der Waals surface area contributed by atoms with Crippen LogP contribution in [0.4, 0.5) is 5.69 Å². The Hall–Kier alpha value is -1.30. The fourth-order valence-corrected chi connectivity index (χ4v) is 2.10. The van der Waals surface area contributed by atoms with E-state index in [1.54, 1.807) is 31.3 Å². The Kier molecular flexibility index (Phi) is 8.12. The van der Waals surface area contributed by atoms with Crippen molar-refractivity contribution >= 4 is 23.2 Å². The summed E-state index contributed by atoms with van der Waals surface area (Å²) in [4.78, 5) is 14.4. The molecule has 0 bridgehead atoms. The lowest BCUT2D eigenvalue weighted by Crippen LogP contribution is -2.36. The molecular formula is C15H23ClN2O3. The number of methoxy groups -OCH3 is 2. The van der Waals surface area contributed by atoms with Crippen LogP contribution in [0.2, 0.25) is 5.02 Å². The molecule has 0 saturated heterocycles. The first-order valence-electron chi connectivity index (χ1n) is 6.94. The number of hydrogen-bond acceptors (Lipinski definition) is 4. The van der Waals surface area contributed by atoms with E-state index in [0.717, 1.165) is 12.2 Å². The van der Waals surface area contributed by atoms with Crippen molar-refractivity contribution in [1.82, 2.24) is 4.90 Å². The second kappa shape index (κ2) is 9.60. The topological polar surface area (TPSA) is 50.8 Å². The van der Waals surface area contributed by atoms with E-state index in [4.69, 9.17) is 21.1 Å². The molecule has 0 aliphatic rings. The number of amides is 1.